The predicted octanol–water partition coefficient (Wildman–Crippen LogP) is 9.19. The Balaban J connectivity index is 1.38. The number of hydrogen-bond acceptors (Lipinski definition) is 4. The zero-order valence-corrected chi connectivity index (χ0v) is 27.9. The van der Waals surface area contributed by atoms with Crippen molar-refractivity contribution in [3.63, 3.8) is 0 Å². The number of hydrogen-bond donors (Lipinski definition) is 0. The molecular weight excluding hydrogens is 595 g/mol. The summed E-state index contributed by atoms with van der Waals surface area (Å²) in [5.41, 5.74) is 16.5. The monoisotopic (exact) mass is 630 g/mol. The van der Waals surface area contributed by atoms with Crippen molar-refractivity contribution in [3.05, 3.63) is 164 Å². The summed E-state index contributed by atoms with van der Waals surface area (Å²) in [5, 5.41) is 0. The Labute approximate surface area is 288 Å². The van der Waals surface area contributed by atoms with Gasteiger partial charge in [-0.25, -0.2) is 0 Å². The molecule has 0 saturated carbocycles. The van der Waals surface area contributed by atoms with Gasteiger partial charge in [-0.05, 0) is 99.7 Å². The molecule has 2 aliphatic rings. The van der Waals surface area contributed by atoms with Gasteiger partial charge in [0.05, 0.1) is 5.69 Å². The maximum Gasteiger partial charge on any atom is 0.252 e. The average molecular weight is 631 g/mol. The molecule has 0 unspecified atom stereocenters. The lowest BCUT2D eigenvalue weighted by atomic mass is 9.33. The third-order valence-corrected chi connectivity index (χ3v) is 9.92. The first kappa shape index (κ1) is 29.2. The lowest BCUT2D eigenvalue weighted by Gasteiger charge is -2.45. The highest BCUT2D eigenvalue weighted by molar-refractivity contribution is 7.00. The van der Waals surface area contributed by atoms with E-state index < -0.39 is 0 Å². The molecule has 0 saturated heterocycles. The van der Waals surface area contributed by atoms with E-state index in [1.54, 1.807) is 0 Å². The molecule has 49 heavy (non-hydrogen) atoms. The highest BCUT2D eigenvalue weighted by Gasteiger charge is 2.44. The molecule has 4 nitrogen and oxygen atoms in total. The van der Waals surface area contributed by atoms with Crippen LogP contribution >= 0.6 is 0 Å². The van der Waals surface area contributed by atoms with Gasteiger partial charge in [0.15, 0.2) is 0 Å². The highest BCUT2D eigenvalue weighted by Crippen LogP contribution is 2.46. The van der Waals surface area contributed by atoms with Crippen molar-refractivity contribution in [3.8, 4) is 22.4 Å². The number of fused-ring (bicyclic) bond motifs is 4. The highest BCUT2D eigenvalue weighted by atomic mass is 15.2. The number of aromatic nitrogens is 2. The third-order valence-electron chi connectivity index (χ3n) is 9.92. The van der Waals surface area contributed by atoms with Gasteiger partial charge < -0.3 is 9.80 Å². The van der Waals surface area contributed by atoms with Crippen molar-refractivity contribution >= 4 is 57.2 Å². The van der Waals surface area contributed by atoms with Gasteiger partial charge in [-0.2, -0.15) is 0 Å². The van der Waals surface area contributed by atoms with Gasteiger partial charge in [0, 0.05) is 63.8 Å². The zero-order valence-electron chi connectivity index (χ0n) is 27.9. The molecule has 2 aromatic heterocycles. The summed E-state index contributed by atoms with van der Waals surface area (Å²) >= 11 is 0. The van der Waals surface area contributed by atoms with Crippen LogP contribution in [0.5, 0.6) is 0 Å². The molecule has 5 aromatic carbocycles. The SMILES string of the molecule is CC(C)(C)c1cc2c3c(c1)N(c1cccc(-c4cccnc4)c1)c1cc(-c4ccccn4)ccc1B3c1ccccc1N2c1ccccc1. The van der Waals surface area contributed by atoms with Crippen LogP contribution in [0.1, 0.15) is 26.3 Å². The summed E-state index contributed by atoms with van der Waals surface area (Å²) in [5.74, 6) is 0. The van der Waals surface area contributed by atoms with Gasteiger partial charge in [0.1, 0.15) is 0 Å². The minimum atomic E-state index is -0.0837. The third kappa shape index (κ3) is 4.84. The first-order valence-electron chi connectivity index (χ1n) is 16.9. The first-order chi connectivity index (χ1) is 24.0. The second kappa shape index (κ2) is 11.3. The summed E-state index contributed by atoms with van der Waals surface area (Å²) in [6.45, 7) is 6.99. The van der Waals surface area contributed by atoms with Crippen LogP contribution < -0.4 is 26.2 Å². The summed E-state index contributed by atoms with van der Waals surface area (Å²) < 4.78 is 0. The molecule has 234 valence electrons. The van der Waals surface area contributed by atoms with Crippen molar-refractivity contribution < 1.29 is 0 Å². The lowest BCUT2D eigenvalue weighted by Crippen LogP contribution is -2.61. The maximum atomic E-state index is 4.75. The lowest BCUT2D eigenvalue weighted by molar-refractivity contribution is 0.590. The van der Waals surface area contributed by atoms with E-state index in [4.69, 9.17) is 4.98 Å². The summed E-state index contributed by atoms with van der Waals surface area (Å²) in [7, 11) is 0. The number of pyridine rings is 2. The molecule has 2 aliphatic heterocycles. The fraction of sp³-hybridized carbons (Fsp3) is 0.0909. The molecule has 0 bridgehead atoms. The molecule has 4 heterocycles. The number of nitrogens with zero attached hydrogens (tertiary/aromatic N) is 4. The van der Waals surface area contributed by atoms with Crippen molar-refractivity contribution in [2.24, 2.45) is 0 Å². The van der Waals surface area contributed by atoms with Gasteiger partial charge >= 0.3 is 0 Å². The molecule has 7 aromatic rings. The first-order valence-corrected chi connectivity index (χ1v) is 16.9. The molecule has 5 heteroatoms. The van der Waals surface area contributed by atoms with Crippen LogP contribution in [0.15, 0.2) is 158 Å². The Morgan fingerprint density at radius 2 is 1.22 bits per heavy atom. The van der Waals surface area contributed by atoms with E-state index in [1.807, 2.05) is 30.7 Å². The Bertz CT molecular complexity index is 2330. The van der Waals surface area contributed by atoms with Crippen molar-refractivity contribution in [1.29, 1.82) is 0 Å². The molecule has 0 atom stereocenters. The van der Waals surface area contributed by atoms with Gasteiger partial charge in [-0.15, -0.1) is 0 Å². The Morgan fingerprint density at radius 1 is 0.510 bits per heavy atom. The van der Waals surface area contributed by atoms with Crippen LogP contribution in [0.4, 0.5) is 34.1 Å². The van der Waals surface area contributed by atoms with E-state index in [1.165, 1.54) is 44.7 Å². The molecule has 0 fully saturated rings. The Kier molecular flexibility index (Phi) is 6.77. The Hall–Kier alpha value is -5.94. The smallest absolute Gasteiger partial charge is 0.252 e. The quantitative estimate of drug-likeness (QED) is 0.182. The van der Waals surface area contributed by atoms with Crippen molar-refractivity contribution in [2.75, 3.05) is 9.80 Å². The minimum absolute atomic E-state index is 0.0562. The minimum Gasteiger partial charge on any atom is -0.311 e. The van der Waals surface area contributed by atoms with E-state index in [9.17, 15) is 0 Å². The fourth-order valence-electron chi connectivity index (χ4n) is 7.56. The van der Waals surface area contributed by atoms with Crippen LogP contribution in [0.25, 0.3) is 22.4 Å². The molecule has 0 N–H and O–H groups in total. The molecule has 0 aliphatic carbocycles. The second-order valence-corrected chi connectivity index (χ2v) is 14.0. The van der Waals surface area contributed by atoms with Gasteiger partial charge in [0.25, 0.3) is 6.71 Å². The normalized spacial score (nSPS) is 13.1. The van der Waals surface area contributed by atoms with Crippen molar-refractivity contribution in [2.45, 2.75) is 26.2 Å². The van der Waals surface area contributed by atoms with Crippen LogP contribution in [0, 0.1) is 0 Å². The molecule has 0 spiro atoms. The summed E-state index contributed by atoms with van der Waals surface area (Å²) in [4.78, 5) is 14.1. The number of anilines is 6. The fourth-order valence-corrected chi connectivity index (χ4v) is 7.56. The summed E-state index contributed by atoms with van der Waals surface area (Å²) in [6.07, 6.45) is 5.64. The summed E-state index contributed by atoms with van der Waals surface area (Å²) in [6, 6.07) is 50.7. The number of para-hydroxylation sites is 2. The van der Waals surface area contributed by atoms with E-state index in [0.29, 0.717) is 0 Å². The van der Waals surface area contributed by atoms with Crippen molar-refractivity contribution in [1.82, 2.24) is 9.97 Å². The van der Waals surface area contributed by atoms with Crippen LogP contribution in [0.3, 0.4) is 0 Å². The van der Waals surface area contributed by atoms with E-state index in [2.05, 4.69) is 163 Å². The van der Waals surface area contributed by atoms with Gasteiger partial charge in [-0.1, -0.05) is 93.6 Å². The van der Waals surface area contributed by atoms with Gasteiger partial charge in [0.2, 0.25) is 0 Å². The molecule has 9 rings (SSSR count). The Morgan fingerprint density at radius 3 is 1.98 bits per heavy atom. The van der Waals surface area contributed by atoms with Crippen LogP contribution in [0.2, 0.25) is 0 Å². The zero-order chi connectivity index (χ0) is 33.1. The standard InChI is InChI=1S/C44H35BN4/c1-44(2,3)33-27-41-43-42(28-33)49(35-17-11-13-30(25-35)32-14-12-23-46-29-32)40-26-31(38-19-9-10-24-47-38)21-22-37(40)45(43)36-18-7-8-20-39(36)48(41)34-15-5-4-6-16-34/h4-29H,1-3H3. The predicted molar refractivity (Wildman–Crippen MR) is 206 cm³/mol. The number of rotatable bonds is 4. The number of benzene rings is 5. The topological polar surface area (TPSA) is 32.3 Å². The van der Waals surface area contributed by atoms with Crippen LogP contribution in [-0.4, -0.2) is 16.7 Å². The molecular formula is C44H35BN4. The average Bonchev–Trinajstić information content (AvgIpc) is 3.15. The van der Waals surface area contributed by atoms with Gasteiger partial charge in [-0.3, -0.25) is 9.97 Å². The van der Waals surface area contributed by atoms with E-state index >= 15 is 0 Å². The van der Waals surface area contributed by atoms with Crippen LogP contribution in [-0.2, 0) is 5.41 Å². The largest absolute Gasteiger partial charge is 0.311 e. The van der Waals surface area contributed by atoms with E-state index in [0.717, 1.165) is 33.8 Å². The maximum absolute atomic E-state index is 4.75. The molecule has 0 amide bonds. The van der Waals surface area contributed by atoms with E-state index in [-0.39, 0.29) is 12.1 Å². The second-order valence-electron chi connectivity index (χ2n) is 14.0. The molecule has 0 radical (unpaired) electrons.